The molecule has 172 valence electrons. The fourth-order valence-corrected chi connectivity index (χ4v) is 4.30. The highest BCUT2D eigenvalue weighted by Crippen LogP contribution is 2.33. The van der Waals surface area contributed by atoms with Crippen molar-refractivity contribution in [2.75, 3.05) is 6.61 Å². The van der Waals surface area contributed by atoms with Crippen LogP contribution in [0.25, 0.3) is 0 Å². The van der Waals surface area contributed by atoms with Gasteiger partial charge >= 0.3 is 0 Å². The predicted molar refractivity (Wildman–Crippen MR) is 116 cm³/mol. The number of carbonyl (C=O) groups excluding carboxylic acids is 2. The molecule has 33 heavy (non-hydrogen) atoms. The first-order valence-corrected chi connectivity index (χ1v) is 10.9. The standard InChI is InChI=1S/C24H25FN4O4/c1-13(33-24-19(22(27)30)9-17-12-32-5-4-21(17)29-24)6-14-7-18(8-14)28-23(31)15-2-3-16(11-26)20(25)10-15/h2-3,9-10,13-14,18H,4-8,12H2,1H3,(H2,27,30)(H,28,31)/t13-,14?,18?/m0/s1. The molecule has 8 nitrogen and oxygen atoms in total. The molecule has 1 aliphatic carbocycles. The molecule has 2 aromatic rings. The highest BCUT2D eigenvalue weighted by Gasteiger charge is 2.32. The Bertz CT molecular complexity index is 1120. The molecule has 2 heterocycles. The smallest absolute Gasteiger partial charge is 0.254 e. The van der Waals surface area contributed by atoms with Crippen LogP contribution in [0.1, 0.15) is 63.7 Å². The molecule has 1 atom stereocenters. The molecule has 0 bridgehead atoms. The van der Waals surface area contributed by atoms with Crippen LogP contribution in [0.3, 0.4) is 0 Å². The van der Waals surface area contributed by atoms with Gasteiger partial charge in [0, 0.05) is 23.6 Å². The molecular formula is C24H25FN4O4. The Balaban J connectivity index is 1.29. The summed E-state index contributed by atoms with van der Waals surface area (Å²) in [6, 6.07) is 7.25. The Kier molecular flexibility index (Phi) is 6.56. The normalized spacial score (nSPS) is 20.0. The van der Waals surface area contributed by atoms with Crippen molar-refractivity contribution in [1.82, 2.24) is 10.3 Å². The number of amides is 2. The van der Waals surface area contributed by atoms with Gasteiger partial charge in [0.15, 0.2) is 0 Å². The number of halogens is 1. The lowest BCUT2D eigenvalue weighted by molar-refractivity contribution is 0.0844. The van der Waals surface area contributed by atoms with E-state index in [9.17, 15) is 14.0 Å². The molecule has 0 unspecified atom stereocenters. The molecule has 9 heteroatoms. The van der Waals surface area contributed by atoms with Crippen molar-refractivity contribution in [2.24, 2.45) is 11.7 Å². The van der Waals surface area contributed by atoms with Crippen molar-refractivity contribution >= 4 is 11.8 Å². The van der Waals surface area contributed by atoms with Gasteiger partial charge in [-0.1, -0.05) is 0 Å². The highest BCUT2D eigenvalue weighted by molar-refractivity contribution is 5.95. The minimum absolute atomic E-state index is 0.00328. The number of primary amides is 1. The first-order valence-electron chi connectivity index (χ1n) is 10.9. The van der Waals surface area contributed by atoms with Gasteiger partial charge < -0.3 is 20.5 Å². The first-order chi connectivity index (χ1) is 15.8. The molecule has 1 saturated carbocycles. The Morgan fingerprint density at radius 1 is 1.39 bits per heavy atom. The molecule has 1 fully saturated rings. The zero-order chi connectivity index (χ0) is 23.5. The van der Waals surface area contributed by atoms with E-state index in [0.717, 1.165) is 36.6 Å². The number of nitriles is 1. The molecule has 3 N–H and O–H groups in total. The predicted octanol–water partition coefficient (Wildman–Crippen LogP) is 2.63. The van der Waals surface area contributed by atoms with Gasteiger partial charge in [-0.2, -0.15) is 5.26 Å². The number of carbonyl (C=O) groups is 2. The van der Waals surface area contributed by atoms with Gasteiger partial charge in [-0.15, -0.1) is 0 Å². The number of hydrogen-bond acceptors (Lipinski definition) is 6. The van der Waals surface area contributed by atoms with Gasteiger partial charge in [0.1, 0.15) is 17.4 Å². The van der Waals surface area contributed by atoms with Crippen molar-refractivity contribution < 1.29 is 23.5 Å². The number of nitrogens with zero attached hydrogens (tertiary/aromatic N) is 2. The zero-order valence-corrected chi connectivity index (χ0v) is 18.3. The van der Waals surface area contributed by atoms with E-state index in [1.54, 1.807) is 12.1 Å². The Morgan fingerprint density at radius 3 is 2.88 bits per heavy atom. The number of nitrogens with two attached hydrogens (primary N) is 1. The molecule has 1 aliphatic heterocycles. The van der Waals surface area contributed by atoms with Gasteiger partial charge in [-0.05, 0) is 56.4 Å². The summed E-state index contributed by atoms with van der Waals surface area (Å²) in [6.07, 6.45) is 2.75. The largest absolute Gasteiger partial charge is 0.474 e. The lowest BCUT2D eigenvalue weighted by Gasteiger charge is -2.37. The maximum absolute atomic E-state index is 13.7. The minimum atomic E-state index is -0.707. The van der Waals surface area contributed by atoms with E-state index >= 15 is 0 Å². The summed E-state index contributed by atoms with van der Waals surface area (Å²) in [5, 5.41) is 11.7. The Hall–Kier alpha value is -3.51. The van der Waals surface area contributed by atoms with Crippen LogP contribution < -0.4 is 15.8 Å². The third-order valence-corrected chi connectivity index (χ3v) is 6.06. The monoisotopic (exact) mass is 452 g/mol. The van der Waals surface area contributed by atoms with E-state index in [0.29, 0.717) is 25.6 Å². The number of benzene rings is 1. The molecule has 0 saturated heterocycles. The van der Waals surface area contributed by atoms with E-state index in [1.807, 2.05) is 6.92 Å². The number of ether oxygens (including phenoxy) is 2. The van der Waals surface area contributed by atoms with Crippen LogP contribution in [0.2, 0.25) is 0 Å². The molecule has 2 amide bonds. The van der Waals surface area contributed by atoms with E-state index < -0.39 is 11.7 Å². The Labute approximate surface area is 190 Å². The maximum Gasteiger partial charge on any atom is 0.254 e. The van der Waals surface area contributed by atoms with E-state index in [4.69, 9.17) is 20.5 Å². The summed E-state index contributed by atoms with van der Waals surface area (Å²) in [5.74, 6) is -1.07. The summed E-state index contributed by atoms with van der Waals surface area (Å²) in [4.78, 5) is 28.7. The van der Waals surface area contributed by atoms with Crippen LogP contribution >= 0.6 is 0 Å². The van der Waals surface area contributed by atoms with Crippen molar-refractivity contribution in [1.29, 1.82) is 5.26 Å². The number of fused-ring (bicyclic) bond motifs is 1. The first kappa shape index (κ1) is 22.7. The van der Waals surface area contributed by atoms with Crippen LogP contribution in [0.4, 0.5) is 4.39 Å². The van der Waals surface area contributed by atoms with Gasteiger partial charge in [-0.25, -0.2) is 9.37 Å². The van der Waals surface area contributed by atoms with Gasteiger partial charge in [0.05, 0.1) is 30.6 Å². The Morgan fingerprint density at radius 2 is 2.18 bits per heavy atom. The molecule has 0 radical (unpaired) electrons. The summed E-state index contributed by atoms with van der Waals surface area (Å²) >= 11 is 0. The number of pyridine rings is 1. The van der Waals surface area contributed by atoms with Crippen LogP contribution in [-0.4, -0.2) is 35.6 Å². The molecule has 0 spiro atoms. The van der Waals surface area contributed by atoms with Crippen molar-refractivity contribution in [3.63, 3.8) is 0 Å². The van der Waals surface area contributed by atoms with E-state index in [2.05, 4.69) is 10.3 Å². The fourth-order valence-electron chi connectivity index (χ4n) is 4.30. The fraction of sp³-hybridized carbons (Fsp3) is 0.417. The summed E-state index contributed by atoms with van der Waals surface area (Å²) in [6.45, 7) is 2.90. The average Bonchev–Trinajstić information content (AvgIpc) is 2.76. The van der Waals surface area contributed by atoms with Crippen LogP contribution in [0.5, 0.6) is 5.88 Å². The summed E-state index contributed by atoms with van der Waals surface area (Å²) in [7, 11) is 0. The molecular weight excluding hydrogens is 427 g/mol. The molecule has 2 aliphatic rings. The van der Waals surface area contributed by atoms with Gasteiger partial charge in [0.25, 0.3) is 11.8 Å². The average molecular weight is 452 g/mol. The second-order valence-electron chi connectivity index (χ2n) is 8.59. The van der Waals surface area contributed by atoms with Crippen LogP contribution in [0.15, 0.2) is 24.3 Å². The molecule has 4 rings (SSSR count). The van der Waals surface area contributed by atoms with Crippen molar-refractivity contribution in [2.45, 2.75) is 51.4 Å². The van der Waals surface area contributed by atoms with E-state index in [1.165, 1.54) is 12.1 Å². The highest BCUT2D eigenvalue weighted by atomic mass is 19.1. The number of rotatable bonds is 7. The lowest BCUT2D eigenvalue weighted by Crippen LogP contribution is -2.45. The topological polar surface area (TPSA) is 127 Å². The van der Waals surface area contributed by atoms with Crippen molar-refractivity contribution in [3.8, 4) is 11.9 Å². The maximum atomic E-state index is 13.7. The summed E-state index contributed by atoms with van der Waals surface area (Å²) < 4.78 is 25.1. The minimum Gasteiger partial charge on any atom is -0.474 e. The molecule has 1 aromatic carbocycles. The quantitative estimate of drug-likeness (QED) is 0.665. The summed E-state index contributed by atoms with van der Waals surface area (Å²) in [5.41, 5.74) is 7.58. The SMILES string of the molecule is C[C@@H](CC1CC(NC(=O)c2ccc(C#N)c(F)c2)C1)Oc1nc2c(cc1C(N)=O)COCC2. The lowest BCUT2D eigenvalue weighted by atomic mass is 9.77. The van der Waals surface area contributed by atoms with Crippen LogP contribution in [-0.2, 0) is 17.8 Å². The second-order valence-corrected chi connectivity index (χ2v) is 8.59. The number of aromatic nitrogens is 1. The number of hydrogen-bond donors (Lipinski definition) is 2. The third kappa shape index (κ3) is 5.12. The van der Waals surface area contributed by atoms with Crippen molar-refractivity contribution in [3.05, 3.63) is 58.0 Å². The van der Waals surface area contributed by atoms with Gasteiger partial charge in [0.2, 0.25) is 5.88 Å². The third-order valence-electron chi connectivity index (χ3n) is 6.06. The zero-order valence-electron chi connectivity index (χ0n) is 18.3. The van der Waals surface area contributed by atoms with Crippen LogP contribution in [0, 0.1) is 23.1 Å². The number of nitrogens with one attached hydrogen (secondary N) is 1. The van der Waals surface area contributed by atoms with Gasteiger partial charge in [-0.3, -0.25) is 9.59 Å². The van der Waals surface area contributed by atoms with E-state index in [-0.39, 0.29) is 40.6 Å². The second kappa shape index (κ2) is 9.55. The molecule has 1 aromatic heterocycles.